The number of amides is 2. The van der Waals surface area contributed by atoms with Gasteiger partial charge in [-0.25, -0.2) is 0 Å². The Bertz CT molecular complexity index is 851. The standard InChI is InChI=1S/C20H25N3O7/c1-12(19(25)21-16-10-15(23(27)28)7-8-17(16)29-2)30-20(26)13-9-18(24)22(11-13)14-5-3-4-6-14/h7-8,10,12-14H,3-6,9,11H2,1-2H3,(H,21,25)/t12-,13+/m0/s1. The first kappa shape index (κ1) is 21.5. The number of esters is 1. The zero-order valence-corrected chi connectivity index (χ0v) is 17.0. The minimum absolute atomic E-state index is 0.0534. The molecule has 1 saturated heterocycles. The van der Waals surface area contributed by atoms with Gasteiger partial charge in [-0.3, -0.25) is 24.5 Å². The number of ether oxygens (including phenoxy) is 2. The van der Waals surface area contributed by atoms with E-state index in [2.05, 4.69) is 5.32 Å². The molecule has 1 N–H and O–H groups in total. The monoisotopic (exact) mass is 419 g/mol. The van der Waals surface area contributed by atoms with Gasteiger partial charge < -0.3 is 19.7 Å². The Morgan fingerprint density at radius 2 is 2.00 bits per heavy atom. The van der Waals surface area contributed by atoms with Crippen molar-refractivity contribution in [2.24, 2.45) is 5.92 Å². The number of hydrogen-bond acceptors (Lipinski definition) is 7. The van der Waals surface area contributed by atoms with E-state index in [0.717, 1.165) is 25.7 Å². The molecule has 10 nitrogen and oxygen atoms in total. The van der Waals surface area contributed by atoms with E-state index in [1.807, 2.05) is 0 Å². The molecular formula is C20H25N3O7. The lowest BCUT2D eigenvalue weighted by molar-refractivity contribution is -0.384. The Morgan fingerprint density at radius 3 is 2.63 bits per heavy atom. The summed E-state index contributed by atoms with van der Waals surface area (Å²) < 4.78 is 10.4. The molecule has 162 valence electrons. The molecule has 0 spiro atoms. The molecular weight excluding hydrogens is 394 g/mol. The molecule has 0 bridgehead atoms. The summed E-state index contributed by atoms with van der Waals surface area (Å²) in [6.07, 6.45) is 3.03. The first-order valence-corrected chi connectivity index (χ1v) is 9.93. The molecule has 1 saturated carbocycles. The third kappa shape index (κ3) is 4.69. The molecule has 1 heterocycles. The summed E-state index contributed by atoms with van der Waals surface area (Å²) in [5.74, 6) is -1.67. The predicted octanol–water partition coefficient (Wildman–Crippen LogP) is 2.26. The van der Waals surface area contributed by atoms with Gasteiger partial charge in [0.2, 0.25) is 5.91 Å². The molecule has 0 unspecified atom stereocenters. The molecule has 1 aromatic carbocycles. The third-order valence-corrected chi connectivity index (χ3v) is 5.57. The highest BCUT2D eigenvalue weighted by atomic mass is 16.6. The zero-order chi connectivity index (χ0) is 21.8. The van der Waals surface area contributed by atoms with Crippen molar-refractivity contribution >= 4 is 29.2 Å². The smallest absolute Gasteiger partial charge is 0.312 e. The van der Waals surface area contributed by atoms with Crippen LogP contribution in [0.2, 0.25) is 0 Å². The Kier molecular flexibility index (Phi) is 6.53. The van der Waals surface area contributed by atoms with Gasteiger partial charge in [0, 0.05) is 31.1 Å². The number of hydrogen-bond donors (Lipinski definition) is 1. The predicted molar refractivity (Wildman–Crippen MR) is 106 cm³/mol. The molecule has 2 aliphatic rings. The van der Waals surface area contributed by atoms with Crippen molar-refractivity contribution in [3.05, 3.63) is 28.3 Å². The number of carbonyl (C=O) groups is 3. The van der Waals surface area contributed by atoms with E-state index >= 15 is 0 Å². The molecule has 10 heteroatoms. The summed E-state index contributed by atoms with van der Waals surface area (Å²) in [4.78, 5) is 49.3. The van der Waals surface area contributed by atoms with Crippen LogP contribution in [0.3, 0.4) is 0 Å². The first-order valence-electron chi connectivity index (χ1n) is 9.93. The number of methoxy groups -OCH3 is 1. The molecule has 30 heavy (non-hydrogen) atoms. The zero-order valence-electron chi connectivity index (χ0n) is 17.0. The summed E-state index contributed by atoms with van der Waals surface area (Å²) in [6.45, 7) is 1.72. The average Bonchev–Trinajstić information content (AvgIpc) is 3.37. The van der Waals surface area contributed by atoms with E-state index in [0.29, 0.717) is 6.54 Å². The van der Waals surface area contributed by atoms with Gasteiger partial charge in [-0.15, -0.1) is 0 Å². The number of anilines is 1. The maximum absolute atomic E-state index is 12.5. The van der Waals surface area contributed by atoms with E-state index in [1.54, 1.807) is 4.90 Å². The fraction of sp³-hybridized carbons (Fsp3) is 0.550. The topological polar surface area (TPSA) is 128 Å². The second-order valence-corrected chi connectivity index (χ2v) is 7.60. The van der Waals surface area contributed by atoms with Crippen LogP contribution in [0, 0.1) is 16.0 Å². The highest BCUT2D eigenvalue weighted by Crippen LogP contribution is 2.31. The van der Waals surface area contributed by atoms with Crippen molar-refractivity contribution in [3.8, 4) is 5.75 Å². The van der Waals surface area contributed by atoms with E-state index in [4.69, 9.17) is 9.47 Å². The van der Waals surface area contributed by atoms with Gasteiger partial charge >= 0.3 is 5.97 Å². The van der Waals surface area contributed by atoms with Crippen LogP contribution in [0.15, 0.2) is 18.2 Å². The van der Waals surface area contributed by atoms with E-state index < -0.39 is 28.8 Å². The Labute approximate surface area is 173 Å². The third-order valence-electron chi connectivity index (χ3n) is 5.57. The number of carbonyl (C=O) groups excluding carboxylic acids is 3. The van der Waals surface area contributed by atoms with E-state index in [9.17, 15) is 24.5 Å². The van der Waals surface area contributed by atoms with Crippen LogP contribution in [0.1, 0.15) is 39.0 Å². The van der Waals surface area contributed by atoms with Crippen molar-refractivity contribution in [1.82, 2.24) is 4.90 Å². The van der Waals surface area contributed by atoms with Gasteiger partial charge in [-0.05, 0) is 25.8 Å². The largest absolute Gasteiger partial charge is 0.495 e. The van der Waals surface area contributed by atoms with E-state index in [-0.39, 0.29) is 35.5 Å². The molecule has 1 aliphatic carbocycles. The summed E-state index contributed by atoms with van der Waals surface area (Å²) in [7, 11) is 1.37. The van der Waals surface area contributed by atoms with Crippen LogP contribution >= 0.6 is 0 Å². The number of rotatable bonds is 7. The number of likely N-dealkylation sites (tertiary alicyclic amines) is 1. The second kappa shape index (κ2) is 9.10. The van der Waals surface area contributed by atoms with Crippen LogP contribution < -0.4 is 10.1 Å². The Hall–Kier alpha value is -3.17. The van der Waals surface area contributed by atoms with Gasteiger partial charge in [0.25, 0.3) is 11.6 Å². The van der Waals surface area contributed by atoms with Crippen molar-refractivity contribution in [2.75, 3.05) is 19.0 Å². The van der Waals surface area contributed by atoms with E-state index in [1.165, 1.54) is 32.2 Å². The minimum atomic E-state index is -1.14. The van der Waals surface area contributed by atoms with Crippen LogP contribution in [-0.4, -0.2) is 53.4 Å². The lowest BCUT2D eigenvalue weighted by atomic mass is 10.1. The van der Waals surface area contributed by atoms with Crippen LogP contribution in [0.5, 0.6) is 5.75 Å². The molecule has 2 atom stereocenters. The number of non-ortho nitro benzene ring substituents is 1. The van der Waals surface area contributed by atoms with Crippen molar-refractivity contribution < 1.29 is 28.8 Å². The van der Waals surface area contributed by atoms with Crippen molar-refractivity contribution in [1.29, 1.82) is 0 Å². The van der Waals surface area contributed by atoms with Crippen molar-refractivity contribution in [2.45, 2.75) is 51.2 Å². The summed E-state index contributed by atoms with van der Waals surface area (Å²) in [5.41, 5.74) is -0.115. The average molecular weight is 419 g/mol. The number of nitro benzene ring substituents is 1. The van der Waals surface area contributed by atoms with Gasteiger partial charge in [0.1, 0.15) is 5.75 Å². The normalized spacial score (nSPS) is 20.1. The summed E-state index contributed by atoms with van der Waals surface area (Å²) in [6, 6.07) is 3.98. The highest BCUT2D eigenvalue weighted by molar-refractivity contribution is 5.97. The van der Waals surface area contributed by atoms with Gasteiger partial charge in [-0.1, -0.05) is 12.8 Å². The van der Waals surface area contributed by atoms with Gasteiger partial charge in [-0.2, -0.15) is 0 Å². The molecule has 1 aromatic rings. The number of nitrogens with zero attached hydrogens (tertiary/aromatic N) is 2. The molecule has 3 rings (SSSR count). The number of nitrogens with one attached hydrogen (secondary N) is 1. The fourth-order valence-electron chi connectivity index (χ4n) is 3.92. The van der Waals surface area contributed by atoms with Crippen LogP contribution in [0.4, 0.5) is 11.4 Å². The van der Waals surface area contributed by atoms with Crippen LogP contribution in [-0.2, 0) is 19.1 Å². The molecule has 0 aromatic heterocycles. The molecule has 1 aliphatic heterocycles. The fourth-order valence-corrected chi connectivity index (χ4v) is 3.92. The van der Waals surface area contributed by atoms with Crippen LogP contribution in [0.25, 0.3) is 0 Å². The SMILES string of the molecule is COc1ccc([N+](=O)[O-])cc1NC(=O)[C@H](C)OC(=O)[C@@H]1CC(=O)N(C2CCCC2)C1. The Morgan fingerprint density at radius 1 is 1.30 bits per heavy atom. The number of benzene rings is 1. The number of nitro groups is 1. The highest BCUT2D eigenvalue weighted by Gasteiger charge is 2.40. The molecule has 2 amide bonds. The lowest BCUT2D eigenvalue weighted by Crippen LogP contribution is -2.36. The molecule has 0 radical (unpaired) electrons. The first-order chi connectivity index (χ1) is 14.3. The lowest BCUT2D eigenvalue weighted by Gasteiger charge is -2.24. The Balaban J connectivity index is 1.59. The summed E-state index contributed by atoms with van der Waals surface area (Å²) >= 11 is 0. The second-order valence-electron chi connectivity index (χ2n) is 7.60. The minimum Gasteiger partial charge on any atom is -0.495 e. The maximum Gasteiger partial charge on any atom is 0.312 e. The van der Waals surface area contributed by atoms with Crippen molar-refractivity contribution in [3.63, 3.8) is 0 Å². The molecule has 2 fully saturated rings. The van der Waals surface area contributed by atoms with Gasteiger partial charge in [0.15, 0.2) is 6.10 Å². The van der Waals surface area contributed by atoms with Gasteiger partial charge in [0.05, 0.1) is 23.6 Å². The quantitative estimate of drug-likeness (QED) is 0.408. The maximum atomic E-state index is 12.5. The summed E-state index contributed by atoms with van der Waals surface area (Å²) in [5, 5.41) is 13.5.